The van der Waals surface area contributed by atoms with Crippen molar-refractivity contribution >= 4 is 28.7 Å². The minimum atomic E-state index is 0.504. The van der Waals surface area contributed by atoms with Crippen LogP contribution < -0.4 is 15.5 Å². The summed E-state index contributed by atoms with van der Waals surface area (Å²) in [7, 11) is 0. The fourth-order valence-electron chi connectivity index (χ4n) is 1.69. The number of hydrogen-bond donors (Lipinski definition) is 2. The van der Waals surface area contributed by atoms with Crippen molar-refractivity contribution in [2.45, 2.75) is 26.7 Å². The van der Waals surface area contributed by atoms with Gasteiger partial charge in [0.25, 0.3) is 0 Å². The Morgan fingerprint density at radius 3 is 2.63 bits per heavy atom. The molecule has 1 aliphatic rings. The SMILES string of the molecule is CCOc1ccc(NC(=S)N/N=C(\C)C2CC2)cc1. The summed E-state index contributed by atoms with van der Waals surface area (Å²) in [6.07, 6.45) is 2.49. The lowest BCUT2D eigenvalue weighted by Gasteiger charge is -2.09. The molecule has 102 valence electrons. The van der Waals surface area contributed by atoms with Crippen molar-refractivity contribution in [1.29, 1.82) is 0 Å². The first-order valence-electron chi connectivity index (χ1n) is 6.53. The molecule has 1 fully saturated rings. The van der Waals surface area contributed by atoms with Crippen LogP contribution in [0, 0.1) is 5.92 Å². The van der Waals surface area contributed by atoms with E-state index in [4.69, 9.17) is 17.0 Å². The van der Waals surface area contributed by atoms with Crippen LogP contribution in [-0.2, 0) is 0 Å². The van der Waals surface area contributed by atoms with Crippen LogP contribution in [0.1, 0.15) is 26.7 Å². The molecule has 1 aromatic carbocycles. The second kappa shape index (κ2) is 6.52. The molecule has 1 saturated carbocycles. The number of hydrazone groups is 1. The second-order valence-electron chi connectivity index (χ2n) is 4.55. The Kier molecular flexibility index (Phi) is 4.74. The smallest absolute Gasteiger partial charge is 0.191 e. The molecule has 19 heavy (non-hydrogen) atoms. The topological polar surface area (TPSA) is 45.6 Å². The molecule has 0 atom stereocenters. The van der Waals surface area contributed by atoms with Gasteiger partial charge in [0.05, 0.1) is 6.61 Å². The Bertz CT molecular complexity index is 466. The maximum atomic E-state index is 5.38. The van der Waals surface area contributed by atoms with Gasteiger partial charge in [0.2, 0.25) is 0 Å². The van der Waals surface area contributed by atoms with Crippen LogP contribution in [0.15, 0.2) is 29.4 Å². The Morgan fingerprint density at radius 1 is 1.37 bits per heavy atom. The predicted molar refractivity (Wildman–Crippen MR) is 82.8 cm³/mol. The Morgan fingerprint density at radius 2 is 2.05 bits per heavy atom. The third-order valence-corrected chi connectivity index (χ3v) is 3.12. The second-order valence-corrected chi connectivity index (χ2v) is 4.96. The van der Waals surface area contributed by atoms with Crippen molar-refractivity contribution in [3.05, 3.63) is 24.3 Å². The molecule has 0 spiro atoms. The van der Waals surface area contributed by atoms with E-state index in [9.17, 15) is 0 Å². The van der Waals surface area contributed by atoms with Gasteiger partial charge >= 0.3 is 0 Å². The fraction of sp³-hybridized carbons (Fsp3) is 0.429. The van der Waals surface area contributed by atoms with E-state index in [1.807, 2.05) is 38.1 Å². The number of rotatable bonds is 5. The minimum absolute atomic E-state index is 0.504. The van der Waals surface area contributed by atoms with E-state index in [0.29, 0.717) is 17.6 Å². The van der Waals surface area contributed by atoms with Gasteiger partial charge in [0, 0.05) is 11.4 Å². The molecule has 0 aromatic heterocycles. The van der Waals surface area contributed by atoms with E-state index in [1.54, 1.807) is 0 Å². The van der Waals surface area contributed by atoms with Crippen molar-refractivity contribution < 1.29 is 4.74 Å². The third kappa shape index (κ3) is 4.52. The minimum Gasteiger partial charge on any atom is -0.494 e. The number of nitrogens with one attached hydrogen (secondary N) is 2. The molecule has 0 saturated heterocycles. The van der Waals surface area contributed by atoms with E-state index in [0.717, 1.165) is 17.1 Å². The first-order chi connectivity index (χ1) is 9.19. The van der Waals surface area contributed by atoms with Crippen LogP contribution in [0.25, 0.3) is 0 Å². The van der Waals surface area contributed by atoms with Crippen molar-refractivity contribution in [3.8, 4) is 5.75 Å². The number of ether oxygens (including phenoxy) is 1. The molecule has 0 heterocycles. The van der Waals surface area contributed by atoms with Gasteiger partial charge in [-0.15, -0.1) is 0 Å². The largest absolute Gasteiger partial charge is 0.494 e. The average Bonchev–Trinajstić information content (AvgIpc) is 3.23. The van der Waals surface area contributed by atoms with Crippen LogP contribution in [0.4, 0.5) is 5.69 Å². The van der Waals surface area contributed by atoms with Gasteiger partial charge in [-0.3, -0.25) is 5.43 Å². The van der Waals surface area contributed by atoms with Gasteiger partial charge in [0.1, 0.15) is 5.75 Å². The summed E-state index contributed by atoms with van der Waals surface area (Å²) < 4.78 is 5.38. The van der Waals surface area contributed by atoms with Crippen LogP contribution in [0.2, 0.25) is 0 Å². The van der Waals surface area contributed by atoms with Crippen molar-refractivity contribution in [2.75, 3.05) is 11.9 Å². The van der Waals surface area contributed by atoms with Gasteiger partial charge in [0.15, 0.2) is 5.11 Å². The highest BCUT2D eigenvalue weighted by Crippen LogP contribution is 2.30. The summed E-state index contributed by atoms with van der Waals surface area (Å²) in [4.78, 5) is 0. The molecule has 0 amide bonds. The van der Waals surface area contributed by atoms with Crippen LogP contribution in [0.3, 0.4) is 0 Å². The quantitative estimate of drug-likeness (QED) is 0.493. The highest BCUT2D eigenvalue weighted by Gasteiger charge is 2.24. The van der Waals surface area contributed by atoms with Gasteiger partial charge in [-0.05, 0) is 69.1 Å². The summed E-state index contributed by atoms with van der Waals surface area (Å²) in [5, 5.41) is 7.85. The number of benzene rings is 1. The van der Waals surface area contributed by atoms with Crippen LogP contribution >= 0.6 is 12.2 Å². The maximum absolute atomic E-state index is 5.38. The number of anilines is 1. The molecule has 0 unspecified atom stereocenters. The Labute approximate surface area is 119 Å². The number of nitrogens with zero attached hydrogens (tertiary/aromatic N) is 1. The van der Waals surface area contributed by atoms with E-state index >= 15 is 0 Å². The fourth-order valence-corrected chi connectivity index (χ4v) is 1.86. The molecule has 0 radical (unpaired) electrons. The zero-order chi connectivity index (χ0) is 13.7. The molecule has 1 aliphatic carbocycles. The predicted octanol–water partition coefficient (Wildman–Crippen LogP) is 3.16. The van der Waals surface area contributed by atoms with E-state index < -0.39 is 0 Å². The zero-order valence-electron chi connectivity index (χ0n) is 11.3. The molecule has 2 rings (SSSR count). The van der Waals surface area contributed by atoms with Gasteiger partial charge < -0.3 is 10.1 Å². The van der Waals surface area contributed by atoms with Crippen LogP contribution in [-0.4, -0.2) is 17.4 Å². The Hall–Kier alpha value is -1.62. The lowest BCUT2D eigenvalue weighted by molar-refractivity contribution is 0.340. The van der Waals surface area contributed by atoms with Crippen molar-refractivity contribution in [3.63, 3.8) is 0 Å². The molecule has 0 bridgehead atoms. The average molecular weight is 277 g/mol. The number of hydrogen-bond acceptors (Lipinski definition) is 3. The number of thiocarbonyl (C=S) groups is 1. The zero-order valence-corrected chi connectivity index (χ0v) is 12.1. The molecule has 4 nitrogen and oxygen atoms in total. The molecule has 5 heteroatoms. The van der Waals surface area contributed by atoms with E-state index in [1.165, 1.54) is 12.8 Å². The van der Waals surface area contributed by atoms with Crippen molar-refractivity contribution in [2.24, 2.45) is 11.0 Å². The molecular formula is C14H19N3OS. The lowest BCUT2D eigenvalue weighted by atomic mass is 10.3. The molecule has 0 aliphatic heterocycles. The monoisotopic (exact) mass is 277 g/mol. The Balaban J connectivity index is 1.82. The molecular weight excluding hydrogens is 258 g/mol. The first kappa shape index (κ1) is 13.8. The highest BCUT2D eigenvalue weighted by molar-refractivity contribution is 7.80. The van der Waals surface area contributed by atoms with Gasteiger partial charge in [-0.2, -0.15) is 5.10 Å². The van der Waals surface area contributed by atoms with Gasteiger partial charge in [-0.1, -0.05) is 0 Å². The summed E-state index contributed by atoms with van der Waals surface area (Å²) in [6, 6.07) is 7.67. The summed E-state index contributed by atoms with van der Waals surface area (Å²) >= 11 is 5.18. The first-order valence-corrected chi connectivity index (χ1v) is 6.94. The van der Waals surface area contributed by atoms with E-state index in [-0.39, 0.29) is 0 Å². The summed E-state index contributed by atoms with van der Waals surface area (Å²) in [5.41, 5.74) is 4.91. The standard InChI is InChI=1S/C14H19N3OS/c1-3-18-13-8-6-12(7-9-13)15-14(19)17-16-10(2)11-4-5-11/h6-9,11H,3-5H2,1-2H3,(H2,15,17,19)/b16-10+. The summed E-state index contributed by atoms with van der Waals surface area (Å²) in [5.74, 6) is 1.51. The third-order valence-electron chi connectivity index (χ3n) is 2.93. The molecule has 2 N–H and O–H groups in total. The van der Waals surface area contributed by atoms with Gasteiger partial charge in [-0.25, -0.2) is 0 Å². The highest BCUT2D eigenvalue weighted by atomic mass is 32.1. The van der Waals surface area contributed by atoms with E-state index in [2.05, 4.69) is 15.8 Å². The normalized spacial score (nSPS) is 14.9. The van der Waals surface area contributed by atoms with Crippen LogP contribution in [0.5, 0.6) is 5.75 Å². The lowest BCUT2D eigenvalue weighted by Crippen LogP contribution is -2.25. The molecule has 1 aromatic rings. The maximum Gasteiger partial charge on any atom is 0.191 e. The van der Waals surface area contributed by atoms with Crippen molar-refractivity contribution in [1.82, 2.24) is 5.43 Å². The summed E-state index contributed by atoms with van der Waals surface area (Å²) in [6.45, 7) is 4.66.